The van der Waals surface area contributed by atoms with Crippen LogP contribution in [0.15, 0.2) is 12.1 Å². The van der Waals surface area contributed by atoms with Crippen molar-refractivity contribution >= 4 is 5.91 Å². The summed E-state index contributed by atoms with van der Waals surface area (Å²) in [4.78, 5) is 17.5. The van der Waals surface area contributed by atoms with E-state index in [4.69, 9.17) is 0 Å². The van der Waals surface area contributed by atoms with E-state index in [0.29, 0.717) is 5.75 Å². The Morgan fingerprint density at radius 3 is 2.24 bits per heavy atom. The molecule has 1 amide bonds. The highest BCUT2D eigenvalue weighted by atomic mass is 16.3. The van der Waals surface area contributed by atoms with Gasteiger partial charge in [0.1, 0.15) is 5.75 Å². The van der Waals surface area contributed by atoms with E-state index < -0.39 is 0 Å². The fourth-order valence-electron chi connectivity index (χ4n) is 4.49. The summed E-state index contributed by atoms with van der Waals surface area (Å²) in [5, 5.41) is 9.91. The van der Waals surface area contributed by atoms with Gasteiger partial charge in [-0.1, -0.05) is 31.9 Å². The van der Waals surface area contributed by atoms with Gasteiger partial charge in [0.25, 0.3) is 0 Å². The van der Waals surface area contributed by atoms with Crippen LogP contribution in [0, 0.1) is 19.8 Å². The molecule has 4 heteroatoms. The van der Waals surface area contributed by atoms with Crippen LogP contribution in [-0.2, 0) is 11.2 Å². The predicted molar refractivity (Wildman–Crippen MR) is 101 cm³/mol. The lowest BCUT2D eigenvalue weighted by Crippen LogP contribution is -2.52. The summed E-state index contributed by atoms with van der Waals surface area (Å²) < 4.78 is 0. The molecule has 1 aliphatic heterocycles. The van der Waals surface area contributed by atoms with Crippen LogP contribution in [0.25, 0.3) is 0 Å². The Morgan fingerprint density at radius 1 is 1.12 bits per heavy atom. The molecule has 1 aliphatic carbocycles. The van der Waals surface area contributed by atoms with E-state index in [9.17, 15) is 9.90 Å². The van der Waals surface area contributed by atoms with Gasteiger partial charge in [0.05, 0.1) is 0 Å². The molecular formula is C21H32N2O2. The largest absolute Gasteiger partial charge is 0.507 e. The first-order valence-electron chi connectivity index (χ1n) is 9.77. The molecule has 1 saturated heterocycles. The van der Waals surface area contributed by atoms with Crippen molar-refractivity contribution in [3.8, 4) is 5.75 Å². The summed E-state index contributed by atoms with van der Waals surface area (Å²) in [6, 6.07) is 4.77. The van der Waals surface area contributed by atoms with Crippen LogP contribution in [0.5, 0.6) is 5.75 Å². The number of amides is 1. The van der Waals surface area contributed by atoms with Crippen LogP contribution in [0.1, 0.15) is 49.3 Å². The number of benzene rings is 1. The van der Waals surface area contributed by atoms with Crippen molar-refractivity contribution in [3.63, 3.8) is 0 Å². The van der Waals surface area contributed by atoms with Gasteiger partial charge in [-0.3, -0.25) is 9.69 Å². The predicted octanol–water partition coefficient (Wildman–Crippen LogP) is 3.27. The third kappa shape index (κ3) is 4.17. The lowest BCUT2D eigenvalue weighted by Gasteiger charge is -2.39. The van der Waals surface area contributed by atoms with Crippen LogP contribution in [0.3, 0.4) is 0 Å². The summed E-state index contributed by atoms with van der Waals surface area (Å²) >= 11 is 0. The zero-order chi connectivity index (χ0) is 18.0. The van der Waals surface area contributed by atoms with Crippen LogP contribution < -0.4 is 0 Å². The van der Waals surface area contributed by atoms with E-state index in [1.165, 1.54) is 25.7 Å². The van der Waals surface area contributed by atoms with E-state index in [0.717, 1.165) is 55.3 Å². The van der Waals surface area contributed by atoms with Gasteiger partial charge in [0.2, 0.25) is 5.91 Å². The van der Waals surface area contributed by atoms with Gasteiger partial charge in [-0.05, 0) is 49.8 Å². The lowest BCUT2D eigenvalue weighted by atomic mass is 9.96. The highest BCUT2D eigenvalue weighted by Crippen LogP contribution is 2.26. The number of phenols is 1. The zero-order valence-corrected chi connectivity index (χ0v) is 15.9. The number of nitrogens with zero attached hydrogens (tertiary/aromatic N) is 2. The molecule has 4 nitrogen and oxygen atoms in total. The average Bonchev–Trinajstić information content (AvgIpc) is 3.13. The third-order valence-corrected chi connectivity index (χ3v) is 5.98. The Kier molecular flexibility index (Phi) is 5.67. The Balaban J connectivity index is 1.54. The summed E-state index contributed by atoms with van der Waals surface area (Å²) in [5.74, 6) is 0.626. The van der Waals surface area contributed by atoms with Crippen molar-refractivity contribution in [3.05, 3.63) is 28.8 Å². The molecule has 0 spiro atoms. The molecule has 3 rings (SSSR count). The standard InChI is InChI=1S/C21H32N2O2/c1-15-12-18(13-16(2)20(15)24)14-17(3)21(25)23-10-8-22(9-11-23)19-6-4-5-7-19/h12-13,17,19,24H,4-11,14H2,1-3H3/t17-/m1/s1. The summed E-state index contributed by atoms with van der Waals surface area (Å²) in [7, 11) is 0. The summed E-state index contributed by atoms with van der Waals surface area (Å²) in [6.07, 6.45) is 6.15. The molecule has 0 aromatic heterocycles. The number of aromatic hydroxyl groups is 1. The molecule has 138 valence electrons. The van der Waals surface area contributed by atoms with Gasteiger partial charge in [-0.2, -0.15) is 0 Å². The van der Waals surface area contributed by atoms with Crippen LogP contribution >= 0.6 is 0 Å². The maximum Gasteiger partial charge on any atom is 0.225 e. The number of hydrogen-bond acceptors (Lipinski definition) is 3. The zero-order valence-electron chi connectivity index (χ0n) is 15.9. The molecule has 0 bridgehead atoms. The van der Waals surface area contributed by atoms with Crippen LogP contribution in [-0.4, -0.2) is 53.0 Å². The fraction of sp³-hybridized carbons (Fsp3) is 0.667. The molecule has 1 N–H and O–H groups in total. The second-order valence-electron chi connectivity index (χ2n) is 7.98. The molecule has 0 unspecified atom stereocenters. The SMILES string of the molecule is Cc1cc(C[C@@H](C)C(=O)N2CCN(C3CCCC3)CC2)cc(C)c1O. The Morgan fingerprint density at radius 2 is 1.68 bits per heavy atom. The van der Waals surface area contributed by atoms with Crippen molar-refractivity contribution in [1.82, 2.24) is 9.80 Å². The number of piperazine rings is 1. The number of carbonyl (C=O) groups is 1. The molecule has 1 saturated carbocycles. The minimum atomic E-state index is -0.0126. The van der Waals surface area contributed by atoms with Crippen molar-refractivity contribution in [2.45, 2.75) is 58.9 Å². The van der Waals surface area contributed by atoms with Gasteiger partial charge in [-0.15, -0.1) is 0 Å². The molecule has 1 aromatic rings. The first-order chi connectivity index (χ1) is 12.0. The Labute approximate surface area is 151 Å². The van der Waals surface area contributed by atoms with E-state index in [-0.39, 0.29) is 11.8 Å². The maximum atomic E-state index is 12.8. The van der Waals surface area contributed by atoms with Crippen molar-refractivity contribution in [2.24, 2.45) is 5.92 Å². The Hall–Kier alpha value is -1.55. The van der Waals surface area contributed by atoms with Crippen LogP contribution in [0.4, 0.5) is 0 Å². The van der Waals surface area contributed by atoms with Gasteiger partial charge < -0.3 is 10.0 Å². The third-order valence-electron chi connectivity index (χ3n) is 5.98. The first kappa shape index (κ1) is 18.2. The quantitative estimate of drug-likeness (QED) is 0.912. The van der Waals surface area contributed by atoms with Crippen molar-refractivity contribution in [2.75, 3.05) is 26.2 Å². The number of aryl methyl sites for hydroxylation is 2. The molecule has 0 radical (unpaired) electrons. The first-order valence-corrected chi connectivity index (χ1v) is 9.77. The number of carbonyl (C=O) groups excluding carboxylic acids is 1. The molecule has 1 atom stereocenters. The van der Waals surface area contributed by atoms with E-state index >= 15 is 0 Å². The van der Waals surface area contributed by atoms with Gasteiger partial charge in [0.15, 0.2) is 0 Å². The summed E-state index contributed by atoms with van der Waals surface area (Å²) in [5.41, 5.74) is 2.91. The molecule has 2 aliphatic rings. The number of rotatable bonds is 4. The molecule has 1 heterocycles. The lowest BCUT2D eigenvalue weighted by molar-refractivity contribution is -0.137. The highest BCUT2D eigenvalue weighted by Gasteiger charge is 2.29. The smallest absolute Gasteiger partial charge is 0.225 e. The molecule has 1 aromatic carbocycles. The molecule has 2 fully saturated rings. The second-order valence-corrected chi connectivity index (χ2v) is 7.98. The van der Waals surface area contributed by atoms with Gasteiger partial charge >= 0.3 is 0 Å². The topological polar surface area (TPSA) is 43.8 Å². The summed E-state index contributed by atoms with van der Waals surface area (Å²) in [6.45, 7) is 9.66. The Bertz CT molecular complexity index is 591. The molecule has 25 heavy (non-hydrogen) atoms. The van der Waals surface area contributed by atoms with E-state index in [1.54, 1.807) is 0 Å². The van der Waals surface area contributed by atoms with Crippen molar-refractivity contribution < 1.29 is 9.90 Å². The fourth-order valence-corrected chi connectivity index (χ4v) is 4.49. The number of hydrogen-bond donors (Lipinski definition) is 1. The normalized spacial score (nSPS) is 20.8. The minimum Gasteiger partial charge on any atom is -0.507 e. The van der Waals surface area contributed by atoms with Crippen molar-refractivity contribution in [1.29, 1.82) is 0 Å². The maximum absolute atomic E-state index is 12.8. The van der Waals surface area contributed by atoms with E-state index in [2.05, 4.69) is 9.80 Å². The van der Waals surface area contributed by atoms with Gasteiger partial charge in [-0.25, -0.2) is 0 Å². The average molecular weight is 344 g/mol. The monoisotopic (exact) mass is 344 g/mol. The number of phenolic OH excluding ortho intramolecular Hbond substituents is 1. The highest BCUT2D eigenvalue weighted by molar-refractivity contribution is 5.79. The van der Waals surface area contributed by atoms with E-state index in [1.807, 2.05) is 32.9 Å². The second kappa shape index (κ2) is 7.77. The van der Waals surface area contributed by atoms with Crippen LogP contribution in [0.2, 0.25) is 0 Å². The van der Waals surface area contributed by atoms with Gasteiger partial charge in [0, 0.05) is 38.1 Å². The minimum absolute atomic E-state index is 0.0126. The molecular weight excluding hydrogens is 312 g/mol.